The summed E-state index contributed by atoms with van der Waals surface area (Å²) in [6.07, 6.45) is 1.45. The second kappa shape index (κ2) is 5.43. The molecule has 1 atom stereocenters. The molecule has 0 unspecified atom stereocenters. The van der Waals surface area contributed by atoms with Gasteiger partial charge in [0.1, 0.15) is 17.4 Å². The number of hydrogen-bond donors (Lipinski definition) is 1. The van der Waals surface area contributed by atoms with Crippen LogP contribution in [0.25, 0.3) is 0 Å². The van der Waals surface area contributed by atoms with Crippen molar-refractivity contribution in [3.63, 3.8) is 0 Å². The molecule has 4 heteroatoms. The number of aliphatic hydroxyl groups is 1. The lowest BCUT2D eigenvalue weighted by Gasteiger charge is -2.14. The van der Waals surface area contributed by atoms with Crippen molar-refractivity contribution in [3.05, 3.63) is 45.4 Å². The van der Waals surface area contributed by atoms with E-state index in [4.69, 9.17) is 4.74 Å². The van der Waals surface area contributed by atoms with Gasteiger partial charge >= 0.3 is 0 Å². The van der Waals surface area contributed by atoms with Crippen LogP contribution in [0.1, 0.15) is 55.1 Å². The molecular weight excluding hydrogens is 282 g/mol. The summed E-state index contributed by atoms with van der Waals surface area (Å²) in [6.45, 7) is 7.00. The highest BCUT2D eigenvalue weighted by atomic mass is 32.1. The van der Waals surface area contributed by atoms with Crippen LogP contribution in [0, 0.1) is 0 Å². The molecule has 0 spiro atoms. The first-order valence-corrected chi connectivity index (χ1v) is 8.20. The molecule has 0 saturated heterocycles. The Bertz CT molecular complexity index is 642. The summed E-state index contributed by atoms with van der Waals surface area (Å²) in [5.74, 6) is 0.857. The number of aromatic nitrogens is 1. The smallest absolute Gasteiger partial charge is 0.140 e. The normalized spacial score (nSPS) is 17.8. The fourth-order valence-electron chi connectivity index (χ4n) is 2.53. The van der Waals surface area contributed by atoms with Gasteiger partial charge in [-0.1, -0.05) is 26.8 Å². The minimum Gasteiger partial charge on any atom is -0.486 e. The van der Waals surface area contributed by atoms with E-state index in [-0.39, 0.29) is 11.5 Å². The van der Waals surface area contributed by atoms with Crippen molar-refractivity contribution in [1.29, 1.82) is 0 Å². The van der Waals surface area contributed by atoms with E-state index < -0.39 is 0 Å². The summed E-state index contributed by atoms with van der Waals surface area (Å²) in [7, 11) is 0. The predicted octanol–water partition coefficient (Wildman–Crippen LogP) is 4.00. The van der Waals surface area contributed by atoms with Gasteiger partial charge in [-0.2, -0.15) is 0 Å². The molecule has 1 heterocycles. The van der Waals surface area contributed by atoms with E-state index in [0.29, 0.717) is 6.61 Å². The highest BCUT2D eigenvalue weighted by Gasteiger charge is 2.20. The zero-order chi connectivity index (χ0) is 15.0. The number of aliphatic hydroxyl groups excluding tert-OH is 1. The van der Waals surface area contributed by atoms with Crippen molar-refractivity contribution < 1.29 is 9.84 Å². The zero-order valence-electron chi connectivity index (χ0n) is 12.7. The molecule has 1 aromatic carbocycles. The highest BCUT2D eigenvalue weighted by molar-refractivity contribution is 7.09. The van der Waals surface area contributed by atoms with Crippen molar-refractivity contribution in [3.8, 4) is 5.75 Å². The van der Waals surface area contributed by atoms with Gasteiger partial charge in [0.25, 0.3) is 0 Å². The van der Waals surface area contributed by atoms with E-state index in [0.717, 1.165) is 34.9 Å². The summed E-state index contributed by atoms with van der Waals surface area (Å²) in [6, 6.07) is 5.96. The Morgan fingerprint density at radius 2 is 2.19 bits per heavy atom. The van der Waals surface area contributed by atoms with Crippen LogP contribution in [0.5, 0.6) is 5.75 Å². The number of benzene rings is 1. The van der Waals surface area contributed by atoms with E-state index in [1.165, 1.54) is 5.56 Å². The van der Waals surface area contributed by atoms with Crippen molar-refractivity contribution >= 4 is 11.3 Å². The average Bonchev–Trinajstić information content (AvgIpc) is 3.03. The number of nitrogens with zero attached hydrogens (tertiary/aromatic N) is 1. The second-order valence-corrected chi connectivity index (χ2v) is 7.52. The lowest BCUT2D eigenvalue weighted by Crippen LogP contribution is -2.11. The van der Waals surface area contributed by atoms with Crippen LogP contribution in [0.15, 0.2) is 23.6 Å². The Balaban J connectivity index is 1.67. The first-order valence-electron chi connectivity index (χ1n) is 7.32. The summed E-state index contributed by atoms with van der Waals surface area (Å²) in [4.78, 5) is 4.63. The van der Waals surface area contributed by atoms with Crippen molar-refractivity contribution in [2.24, 2.45) is 0 Å². The van der Waals surface area contributed by atoms with Gasteiger partial charge in [0.2, 0.25) is 0 Å². The van der Waals surface area contributed by atoms with Crippen LogP contribution >= 0.6 is 11.3 Å². The van der Waals surface area contributed by atoms with E-state index in [1.807, 2.05) is 18.2 Å². The Hall–Kier alpha value is -1.39. The van der Waals surface area contributed by atoms with E-state index in [9.17, 15) is 5.11 Å². The maximum atomic E-state index is 9.81. The molecule has 0 amide bonds. The molecule has 2 aromatic rings. The molecule has 21 heavy (non-hydrogen) atoms. The summed E-state index contributed by atoms with van der Waals surface area (Å²) < 4.78 is 5.84. The van der Waals surface area contributed by atoms with E-state index in [2.05, 4.69) is 31.1 Å². The van der Waals surface area contributed by atoms with Gasteiger partial charge in [-0.25, -0.2) is 4.98 Å². The molecular formula is C17H21NO2S. The Labute approximate surface area is 129 Å². The van der Waals surface area contributed by atoms with Crippen LogP contribution in [-0.2, 0) is 18.4 Å². The number of hydrogen-bond acceptors (Lipinski definition) is 4. The Morgan fingerprint density at radius 1 is 1.38 bits per heavy atom. The summed E-state index contributed by atoms with van der Waals surface area (Å²) in [5.41, 5.74) is 3.45. The number of aryl methyl sites for hydroxylation is 1. The fraction of sp³-hybridized carbons (Fsp3) is 0.471. The highest BCUT2D eigenvalue weighted by Crippen LogP contribution is 2.33. The first kappa shape index (κ1) is 14.5. The predicted molar refractivity (Wildman–Crippen MR) is 84.9 cm³/mol. The molecule has 3 nitrogen and oxygen atoms in total. The van der Waals surface area contributed by atoms with Crippen molar-refractivity contribution in [2.75, 3.05) is 0 Å². The number of fused-ring (bicyclic) bond motifs is 1. The molecule has 112 valence electrons. The van der Waals surface area contributed by atoms with Crippen LogP contribution in [0.2, 0.25) is 0 Å². The third-order valence-electron chi connectivity index (χ3n) is 3.84. The summed E-state index contributed by atoms with van der Waals surface area (Å²) in [5, 5.41) is 12.9. The third-order valence-corrected chi connectivity index (χ3v) is 4.67. The van der Waals surface area contributed by atoms with Gasteiger partial charge in [-0.15, -0.1) is 11.3 Å². The average molecular weight is 303 g/mol. The number of thiazole rings is 1. The van der Waals surface area contributed by atoms with Gasteiger partial charge in [0, 0.05) is 10.8 Å². The van der Waals surface area contributed by atoms with E-state index in [1.54, 1.807) is 11.3 Å². The standard InChI is InChI=1S/C17H21NO2S/c1-17(2,3)15-10-21-16(18-15)9-20-12-5-6-13-11(8-12)4-7-14(13)19/h5-6,8,10,14,19H,4,7,9H2,1-3H3/t14-/m1/s1. The van der Waals surface area contributed by atoms with Gasteiger partial charge < -0.3 is 9.84 Å². The monoisotopic (exact) mass is 303 g/mol. The van der Waals surface area contributed by atoms with Crippen LogP contribution in [0.4, 0.5) is 0 Å². The minimum absolute atomic E-state index is 0.0818. The molecule has 0 bridgehead atoms. The maximum Gasteiger partial charge on any atom is 0.140 e. The van der Waals surface area contributed by atoms with Crippen LogP contribution < -0.4 is 4.74 Å². The van der Waals surface area contributed by atoms with Gasteiger partial charge in [-0.3, -0.25) is 0 Å². The zero-order valence-corrected chi connectivity index (χ0v) is 13.5. The van der Waals surface area contributed by atoms with E-state index >= 15 is 0 Å². The molecule has 0 saturated carbocycles. The Kier molecular flexibility index (Phi) is 3.76. The second-order valence-electron chi connectivity index (χ2n) is 6.58. The number of rotatable bonds is 3. The third kappa shape index (κ3) is 3.11. The Morgan fingerprint density at radius 3 is 2.90 bits per heavy atom. The lowest BCUT2D eigenvalue weighted by atomic mass is 9.93. The van der Waals surface area contributed by atoms with Crippen LogP contribution in [0.3, 0.4) is 0 Å². The van der Waals surface area contributed by atoms with Crippen LogP contribution in [-0.4, -0.2) is 10.1 Å². The molecule has 0 aliphatic heterocycles. The topological polar surface area (TPSA) is 42.4 Å². The molecule has 1 N–H and O–H groups in total. The molecule has 1 aliphatic carbocycles. The molecule has 3 rings (SSSR count). The van der Waals surface area contributed by atoms with Crippen molar-refractivity contribution in [2.45, 2.75) is 51.7 Å². The van der Waals surface area contributed by atoms with Gasteiger partial charge in [0.05, 0.1) is 11.8 Å². The van der Waals surface area contributed by atoms with Gasteiger partial charge in [0.15, 0.2) is 0 Å². The molecule has 0 radical (unpaired) electrons. The minimum atomic E-state index is -0.303. The molecule has 1 aliphatic rings. The maximum absolute atomic E-state index is 9.81. The largest absolute Gasteiger partial charge is 0.486 e. The quantitative estimate of drug-likeness (QED) is 0.932. The fourth-order valence-corrected chi connectivity index (χ4v) is 3.46. The van der Waals surface area contributed by atoms with Crippen molar-refractivity contribution in [1.82, 2.24) is 4.98 Å². The SMILES string of the molecule is CC(C)(C)c1csc(COc2ccc3c(c2)CC[C@H]3O)n1. The molecule has 0 fully saturated rings. The first-order chi connectivity index (χ1) is 9.93. The number of ether oxygens (including phenoxy) is 1. The van der Waals surface area contributed by atoms with Gasteiger partial charge in [-0.05, 0) is 36.1 Å². The summed E-state index contributed by atoms with van der Waals surface area (Å²) >= 11 is 1.65. The lowest BCUT2D eigenvalue weighted by molar-refractivity contribution is 0.180. The molecule has 1 aromatic heterocycles.